The normalized spacial score (nSPS) is 14.4. The Labute approximate surface area is 132 Å². The fourth-order valence-corrected chi connectivity index (χ4v) is 2.68. The first-order chi connectivity index (χ1) is 10.8. The number of ether oxygens (including phenoxy) is 1. The van der Waals surface area contributed by atoms with Gasteiger partial charge in [0.1, 0.15) is 23.2 Å². The van der Waals surface area contributed by atoms with E-state index < -0.39 is 0 Å². The standard InChI is InChI=1S/C16H15ClN4O/c17-15-13(22-10-12-2-1-6-18-9-12)5-7-21-14(8-11-3-4-11)19-20-16(15)21/h1-2,5-7,9,11H,3-4,8,10H2. The summed E-state index contributed by atoms with van der Waals surface area (Å²) in [6, 6.07) is 5.71. The highest BCUT2D eigenvalue weighted by molar-refractivity contribution is 6.34. The van der Waals surface area contributed by atoms with Crippen molar-refractivity contribution in [2.75, 3.05) is 0 Å². The third kappa shape index (κ3) is 2.64. The van der Waals surface area contributed by atoms with Gasteiger partial charge < -0.3 is 4.74 Å². The monoisotopic (exact) mass is 314 g/mol. The third-order valence-electron chi connectivity index (χ3n) is 3.84. The maximum Gasteiger partial charge on any atom is 0.183 e. The number of pyridine rings is 2. The Morgan fingerprint density at radius 3 is 2.95 bits per heavy atom. The summed E-state index contributed by atoms with van der Waals surface area (Å²) in [5.41, 5.74) is 1.65. The molecule has 1 aliphatic carbocycles. The number of fused-ring (bicyclic) bond motifs is 1. The Balaban J connectivity index is 1.58. The molecule has 0 aromatic carbocycles. The van der Waals surface area contributed by atoms with Crippen LogP contribution in [-0.2, 0) is 13.0 Å². The summed E-state index contributed by atoms with van der Waals surface area (Å²) >= 11 is 6.41. The second-order valence-electron chi connectivity index (χ2n) is 5.60. The van der Waals surface area contributed by atoms with Crippen LogP contribution in [0.5, 0.6) is 5.75 Å². The first-order valence-electron chi connectivity index (χ1n) is 7.35. The van der Waals surface area contributed by atoms with E-state index in [2.05, 4.69) is 15.2 Å². The van der Waals surface area contributed by atoms with Crippen LogP contribution in [0.3, 0.4) is 0 Å². The first kappa shape index (κ1) is 13.5. The van der Waals surface area contributed by atoms with Gasteiger partial charge in [-0.05, 0) is 30.9 Å². The van der Waals surface area contributed by atoms with Gasteiger partial charge in [-0.15, -0.1) is 10.2 Å². The third-order valence-corrected chi connectivity index (χ3v) is 4.19. The molecule has 3 heterocycles. The van der Waals surface area contributed by atoms with Gasteiger partial charge in [0.25, 0.3) is 0 Å². The van der Waals surface area contributed by atoms with Crippen molar-refractivity contribution < 1.29 is 4.74 Å². The first-order valence-corrected chi connectivity index (χ1v) is 7.73. The van der Waals surface area contributed by atoms with Gasteiger partial charge in [0, 0.05) is 30.6 Å². The smallest absolute Gasteiger partial charge is 0.183 e. The minimum atomic E-state index is 0.423. The van der Waals surface area contributed by atoms with Crippen molar-refractivity contribution in [2.45, 2.75) is 25.9 Å². The van der Waals surface area contributed by atoms with Crippen LogP contribution in [-0.4, -0.2) is 19.6 Å². The van der Waals surface area contributed by atoms with E-state index in [9.17, 15) is 0 Å². The lowest BCUT2D eigenvalue weighted by Gasteiger charge is -2.09. The van der Waals surface area contributed by atoms with E-state index in [0.717, 1.165) is 23.7 Å². The zero-order chi connectivity index (χ0) is 14.9. The predicted octanol–water partition coefficient (Wildman–Crippen LogP) is 3.31. The van der Waals surface area contributed by atoms with E-state index in [0.29, 0.717) is 23.0 Å². The topological polar surface area (TPSA) is 52.3 Å². The van der Waals surface area contributed by atoms with Crippen molar-refractivity contribution in [3.8, 4) is 5.75 Å². The van der Waals surface area contributed by atoms with E-state index in [1.807, 2.05) is 28.8 Å². The van der Waals surface area contributed by atoms with Gasteiger partial charge in [0.15, 0.2) is 5.65 Å². The Morgan fingerprint density at radius 2 is 2.18 bits per heavy atom. The lowest BCUT2D eigenvalue weighted by atomic mass is 10.3. The van der Waals surface area contributed by atoms with Crippen molar-refractivity contribution in [3.63, 3.8) is 0 Å². The van der Waals surface area contributed by atoms with Crippen LogP contribution in [0.1, 0.15) is 24.2 Å². The van der Waals surface area contributed by atoms with Gasteiger partial charge in [-0.2, -0.15) is 0 Å². The molecule has 0 saturated heterocycles. The second-order valence-corrected chi connectivity index (χ2v) is 5.98. The molecule has 3 aromatic rings. The molecule has 0 unspecified atom stereocenters. The van der Waals surface area contributed by atoms with Crippen LogP contribution in [0.25, 0.3) is 5.65 Å². The van der Waals surface area contributed by atoms with Crippen molar-refractivity contribution in [1.82, 2.24) is 19.6 Å². The van der Waals surface area contributed by atoms with Crippen LogP contribution >= 0.6 is 11.6 Å². The molecule has 6 heteroatoms. The fourth-order valence-electron chi connectivity index (χ4n) is 2.43. The molecule has 5 nitrogen and oxygen atoms in total. The summed E-state index contributed by atoms with van der Waals surface area (Å²) in [6.07, 6.45) is 8.98. The molecule has 112 valence electrons. The highest BCUT2D eigenvalue weighted by Crippen LogP contribution is 2.34. The van der Waals surface area contributed by atoms with Gasteiger partial charge in [0.2, 0.25) is 0 Å². The van der Waals surface area contributed by atoms with Gasteiger partial charge in [0.05, 0.1) is 0 Å². The Morgan fingerprint density at radius 1 is 1.27 bits per heavy atom. The quantitative estimate of drug-likeness (QED) is 0.725. The summed E-state index contributed by atoms with van der Waals surface area (Å²) in [5, 5.41) is 8.96. The van der Waals surface area contributed by atoms with E-state index in [1.54, 1.807) is 12.4 Å². The minimum Gasteiger partial charge on any atom is -0.487 e. The van der Waals surface area contributed by atoms with Crippen molar-refractivity contribution in [1.29, 1.82) is 0 Å². The molecule has 1 fully saturated rings. The van der Waals surface area contributed by atoms with Crippen LogP contribution in [0, 0.1) is 5.92 Å². The minimum absolute atomic E-state index is 0.423. The van der Waals surface area contributed by atoms with Crippen LogP contribution in [0.4, 0.5) is 0 Å². The maximum atomic E-state index is 6.41. The second kappa shape index (κ2) is 5.57. The van der Waals surface area contributed by atoms with Crippen molar-refractivity contribution in [3.05, 3.63) is 53.2 Å². The lowest BCUT2D eigenvalue weighted by molar-refractivity contribution is 0.306. The number of hydrogen-bond donors (Lipinski definition) is 0. The number of rotatable bonds is 5. The molecule has 0 spiro atoms. The lowest BCUT2D eigenvalue weighted by Crippen LogP contribution is -1.99. The van der Waals surface area contributed by atoms with E-state index in [-0.39, 0.29) is 0 Å². The largest absolute Gasteiger partial charge is 0.487 e. The van der Waals surface area contributed by atoms with Crippen molar-refractivity contribution in [2.24, 2.45) is 5.92 Å². The Hall–Kier alpha value is -2.14. The molecular formula is C16H15ClN4O. The van der Waals surface area contributed by atoms with Crippen LogP contribution < -0.4 is 4.74 Å². The average molecular weight is 315 g/mol. The molecular weight excluding hydrogens is 300 g/mol. The van der Waals surface area contributed by atoms with Crippen molar-refractivity contribution >= 4 is 17.2 Å². The van der Waals surface area contributed by atoms with Crippen LogP contribution in [0.2, 0.25) is 5.02 Å². The highest BCUT2D eigenvalue weighted by atomic mass is 35.5. The highest BCUT2D eigenvalue weighted by Gasteiger charge is 2.24. The van der Waals surface area contributed by atoms with E-state index >= 15 is 0 Å². The Bertz CT molecular complexity index is 799. The zero-order valence-corrected chi connectivity index (χ0v) is 12.7. The average Bonchev–Trinajstić information content (AvgIpc) is 3.27. The SMILES string of the molecule is Clc1c(OCc2cccnc2)ccn2c(CC3CC3)nnc12. The molecule has 22 heavy (non-hydrogen) atoms. The Kier molecular flexibility index (Phi) is 3.42. The molecule has 4 rings (SSSR count). The number of hydrogen-bond acceptors (Lipinski definition) is 4. The fraction of sp³-hybridized carbons (Fsp3) is 0.312. The molecule has 1 aliphatic rings. The van der Waals surface area contributed by atoms with Gasteiger partial charge >= 0.3 is 0 Å². The summed E-state index contributed by atoms with van der Waals surface area (Å²) in [5.74, 6) is 2.34. The van der Waals surface area contributed by atoms with Gasteiger partial charge in [-0.3, -0.25) is 9.38 Å². The molecule has 0 N–H and O–H groups in total. The summed E-state index contributed by atoms with van der Waals surface area (Å²) in [7, 11) is 0. The number of aromatic nitrogens is 4. The van der Waals surface area contributed by atoms with Gasteiger partial charge in [-0.1, -0.05) is 17.7 Å². The predicted molar refractivity (Wildman–Crippen MR) is 83.0 cm³/mol. The van der Waals surface area contributed by atoms with Gasteiger partial charge in [-0.25, -0.2) is 0 Å². The summed E-state index contributed by atoms with van der Waals surface area (Å²) < 4.78 is 7.74. The number of halogens is 1. The molecule has 0 radical (unpaired) electrons. The maximum absolute atomic E-state index is 6.41. The molecule has 0 amide bonds. The summed E-state index contributed by atoms with van der Waals surface area (Å²) in [4.78, 5) is 4.07. The number of nitrogens with zero attached hydrogens (tertiary/aromatic N) is 4. The zero-order valence-electron chi connectivity index (χ0n) is 11.9. The summed E-state index contributed by atoms with van der Waals surface area (Å²) in [6.45, 7) is 0.423. The molecule has 3 aromatic heterocycles. The molecule has 1 saturated carbocycles. The van der Waals surface area contributed by atoms with Crippen LogP contribution in [0.15, 0.2) is 36.8 Å². The molecule has 0 atom stereocenters. The van der Waals surface area contributed by atoms with E-state index in [1.165, 1.54) is 12.8 Å². The van der Waals surface area contributed by atoms with E-state index in [4.69, 9.17) is 16.3 Å². The molecule has 0 aliphatic heterocycles. The molecule has 0 bridgehead atoms.